The van der Waals surface area contributed by atoms with E-state index < -0.39 is 28.9 Å². The van der Waals surface area contributed by atoms with Gasteiger partial charge in [-0.1, -0.05) is 0 Å². The molecule has 0 bridgehead atoms. The summed E-state index contributed by atoms with van der Waals surface area (Å²) in [6.07, 6.45) is -2.03. The molecule has 3 heterocycles. The van der Waals surface area contributed by atoms with Crippen LogP contribution in [0.1, 0.15) is 48.4 Å². The van der Waals surface area contributed by atoms with Crippen LogP contribution in [0, 0.1) is 0 Å². The largest absolute Gasteiger partial charge is 0.433 e. The van der Waals surface area contributed by atoms with E-state index in [1.165, 1.54) is 4.90 Å². The van der Waals surface area contributed by atoms with Crippen LogP contribution in [0.25, 0.3) is 0 Å². The zero-order valence-electron chi connectivity index (χ0n) is 13.6. The molecule has 6 nitrogen and oxygen atoms in total. The number of hydrogen-bond acceptors (Lipinski definition) is 3. The van der Waals surface area contributed by atoms with Gasteiger partial charge in [-0.05, 0) is 26.8 Å². The first-order valence-electron chi connectivity index (χ1n) is 7.53. The maximum atomic E-state index is 13.5. The SMILES string of the molecule is CC(C)(C)n1ncc(C(=O)N2CC(c3ccn[nH]3)C2)c1C(F)(F)F. The maximum Gasteiger partial charge on any atom is 0.433 e. The fourth-order valence-electron chi connectivity index (χ4n) is 2.79. The Bertz CT molecular complexity index is 736. The Labute approximate surface area is 136 Å². The molecule has 0 atom stereocenters. The van der Waals surface area contributed by atoms with Gasteiger partial charge in [-0.15, -0.1) is 0 Å². The Hall–Kier alpha value is -2.32. The first kappa shape index (κ1) is 16.5. The van der Waals surface area contributed by atoms with Crippen molar-refractivity contribution >= 4 is 5.91 Å². The van der Waals surface area contributed by atoms with E-state index >= 15 is 0 Å². The highest BCUT2D eigenvalue weighted by Crippen LogP contribution is 2.36. The molecule has 0 radical (unpaired) electrons. The Balaban J connectivity index is 1.85. The zero-order valence-corrected chi connectivity index (χ0v) is 13.6. The molecule has 0 spiro atoms. The fraction of sp³-hybridized carbons (Fsp3) is 0.533. The van der Waals surface area contributed by atoms with Gasteiger partial charge in [0.15, 0.2) is 5.69 Å². The monoisotopic (exact) mass is 341 g/mol. The third kappa shape index (κ3) is 2.78. The molecule has 0 unspecified atom stereocenters. The second-order valence-corrected chi connectivity index (χ2v) is 6.91. The van der Waals surface area contributed by atoms with Crippen LogP contribution in [-0.2, 0) is 11.7 Å². The normalized spacial score (nSPS) is 16.3. The van der Waals surface area contributed by atoms with Crippen LogP contribution in [0.15, 0.2) is 18.5 Å². The van der Waals surface area contributed by atoms with Crippen molar-refractivity contribution < 1.29 is 18.0 Å². The Morgan fingerprint density at radius 3 is 2.46 bits per heavy atom. The molecule has 1 amide bonds. The number of amides is 1. The molecule has 1 N–H and O–H groups in total. The van der Waals surface area contributed by atoms with Crippen LogP contribution in [-0.4, -0.2) is 43.9 Å². The molecule has 1 saturated heterocycles. The van der Waals surface area contributed by atoms with Gasteiger partial charge < -0.3 is 4.90 Å². The molecule has 130 valence electrons. The first-order valence-corrected chi connectivity index (χ1v) is 7.53. The van der Waals surface area contributed by atoms with E-state index in [9.17, 15) is 18.0 Å². The minimum Gasteiger partial charge on any atom is -0.337 e. The molecule has 1 fully saturated rings. The summed E-state index contributed by atoms with van der Waals surface area (Å²) < 4.78 is 41.3. The molecule has 24 heavy (non-hydrogen) atoms. The van der Waals surface area contributed by atoms with E-state index in [0.29, 0.717) is 13.1 Å². The van der Waals surface area contributed by atoms with Crippen molar-refractivity contribution in [1.29, 1.82) is 0 Å². The second-order valence-electron chi connectivity index (χ2n) is 6.91. The number of carbonyl (C=O) groups is 1. The van der Waals surface area contributed by atoms with Crippen molar-refractivity contribution in [2.45, 2.75) is 38.4 Å². The molecule has 2 aromatic rings. The van der Waals surface area contributed by atoms with Crippen molar-refractivity contribution in [2.24, 2.45) is 0 Å². The molecule has 3 rings (SSSR count). The minimum absolute atomic E-state index is 0.0726. The average molecular weight is 341 g/mol. The van der Waals surface area contributed by atoms with Gasteiger partial charge in [0.05, 0.1) is 17.3 Å². The molecule has 1 aliphatic heterocycles. The van der Waals surface area contributed by atoms with Crippen LogP contribution in [0.5, 0.6) is 0 Å². The number of rotatable bonds is 2. The minimum atomic E-state index is -4.65. The maximum absolute atomic E-state index is 13.5. The van der Waals surface area contributed by atoms with E-state index in [1.807, 2.05) is 0 Å². The number of alkyl halides is 3. The van der Waals surface area contributed by atoms with Gasteiger partial charge in [-0.3, -0.25) is 14.6 Å². The number of aromatic amines is 1. The van der Waals surface area contributed by atoms with E-state index in [0.717, 1.165) is 16.6 Å². The van der Waals surface area contributed by atoms with Gasteiger partial charge in [0.25, 0.3) is 5.91 Å². The summed E-state index contributed by atoms with van der Waals surface area (Å²) in [7, 11) is 0. The van der Waals surface area contributed by atoms with Gasteiger partial charge in [0, 0.05) is 30.9 Å². The lowest BCUT2D eigenvalue weighted by atomic mass is 9.95. The van der Waals surface area contributed by atoms with Gasteiger partial charge in [0.2, 0.25) is 0 Å². The van der Waals surface area contributed by atoms with Crippen molar-refractivity contribution in [1.82, 2.24) is 24.9 Å². The first-order chi connectivity index (χ1) is 11.1. The number of nitrogens with zero attached hydrogens (tertiary/aromatic N) is 4. The highest BCUT2D eigenvalue weighted by atomic mass is 19.4. The lowest BCUT2D eigenvalue weighted by Gasteiger charge is -2.38. The summed E-state index contributed by atoms with van der Waals surface area (Å²) in [4.78, 5) is 13.9. The van der Waals surface area contributed by atoms with Crippen molar-refractivity contribution in [3.63, 3.8) is 0 Å². The zero-order chi connectivity index (χ0) is 17.7. The Morgan fingerprint density at radius 1 is 1.29 bits per heavy atom. The standard InChI is InChI=1S/C15H18F3N5O/c1-14(2,3)23-12(15(16,17)18)10(6-20-23)13(24)22-7-9(8-22)11-4-5-19-21-11/h4-6,9H,7-8H2,1-3H3,(H,19,21). The highest BCUT2D eigenvalue weighted by molar-refractivity contribution is 5.96. The fourth-order valence-corrected chi connectivity index (χ4v) is 2.79. The molecule has 0 aliphatic carbocycles. The van der Waals surface area contributed by atoms with E-state index in [-0.39, 0.29) is 5.92 Å². The summed E-state index contributed by atoms with van der Waals surface area (Å²) >= 11 is 0. The molecular weight excluding hydrogens is 323 g/mol. The van der Waals surface area contributed by atoms with Crippen molar-refractivity contribution in [3.05, 3.63) is 35.4 Å². The van der Waals surface area contributed by atoms with Gasteiger partial charge in [0.1, 0.15) is 0 Å². The lowest BCUT2D eigenvalue weighted by molar-refractivity contribution is -0.146. The number of nitrogens with one attached hydrogen (secondary N) is 1. The number of carbonyl (C=O) groups excluding carboxylic acids is 1. The topological polar surface area (TPSA) is 66.8 Å². The van der Waals surface area contributed by atoms with E-state index in [2.05, 4.69) is 15.3 Å². The van der Waals surface area contributed by atoms with Crippen LogP contribution in [0.4, 0.5) is 13.2 Å². The lowest BCUT2D eigenvalue weighted by Crippen LogP contribution is -2.49. The quantitative estimate of drug-likeness (QED) is 0.913. The smallest absolute Gasteiger partial charge is 0.337 e. The summed E-state index contributed by atoms with van der Waals surface area (Å²) in [6.45, 7) is 5.56. The molecule has 0 aromatic carbocycles. The van der Waals surface area contributed by atoms with E-state index in [4.69, 9.17) is 0 Å². The predicted molar refractivity (Wildman–Crippen MR) is 79.5 cm³/mol. The molecule has 9 heteroatoms. The Morgan fingerprint density at radius 2 is 1.96 bits per heavy atom. The predicted octanol–water partition coefficient (Wildman–Crippen LogP) is 2.62. The average Bonchev–Trinajstić information content (AvgIpc) is 3.04. The van der Waals surface area contributed by atoms with Crippen LogP contribution >= 0.6 is 0 Å². The molecule has 2 aromatic heterocycles. The van der Waals surface area contributed by atoms with Gasteiger partial charge in [-0.25, -0.2) is 0 Å². The van der Waals surface area contributed by atoms with Crippen LogP contribution < -0.4 is 0 Å². The summed E-state index contributed by atoms with van der Waals surface area (Å²) in [6, 6.07) is 1.80. The van der Waals surface area contributed by atoms with Gasteiger partial charge in [-0.2, -0.15) is 23.4 Å². The van der Waals surface area contributed by atoms with Crippen LogP contribution in [0.2, 0.25) is 0 Å². The van der Waals surface area contributed by atoms with Crippen LogP contribution in [0.3, 0.4) is 0 Å². The second kappa shape index (κ2) is 5.35. The summed E-state index contributed by atoms with van der Waals surface area (Å²) in [5.41, 5.74) is -1.40. The molecule has 0 saturated carbocycles. The number of aromatic nitrogens is 4. The number of halogens is 3. The van der Waals surface area contributed by atoms with E-state index in [1.54, 1.807) is 33.0 Å². The number of hydrogen-bond donors (Lipinski definition) is 1. The highest BCUT2D eigenvalue weighted by Gasteiger charge is 2.44. The molecule has 1 aliphatic rings. The van der Waals surface area contributed by atoms with Gasteiger partial charge >= 0.3 is 6.18 Å². The molecular formula is C15H18F3N5O. The summed E-state index contributed by atoms with van der Waals surface area (Å²) in [5, 5.41) is 10.5. The van der Waals surface area contributed by atoms with Crippen molar-refractivity contribution in [3.8, 4) is 0 Å². The third-order valence-corrected chi connectivity index (χ3v) is 4.03. The Kier molecular flexibility index (Phi) is 3.69. The number of H-pyrrole nitrogens is 1. The van der Waals surface area contributed by atoms with Crippen molar-refractivity contribution in [2.75, 3.05) is 13.1 Å². The number of likely N-dealkylation sites (tertiary alicyclic amines) is 1. The summed E-state index contributed by atoms with van der Waals surface area (Å²) in [5.74, 6) is -0.572. The third-order valence-electron chi connectivity index (χ3n) is 4.03.